The summed E-state index contributed by atoms with van der Waals surface area (Å²) >= 11 is 0. The van der Waals surface area contributed by atoms with E-state index < -0.39 is 5.60 Å². The molecule has 0 aliphatic carbocycles. The molecular weight excluding hydrogens is 236 g/mol. The Labute approximate surface area is 107 Å². The van der Waals surface area contributed by atoms with Crippen molar-refractivity contribution in [2.24, 2.45) is 0 Å². The van der Waals surface area contributed by atoms with Gasteiger partial charge in [0.2, 0.25) is 0 Å². The third kappa shape index (κ3) is 3.57. The van der Waals surface area contributed by atoms with Gasteiger partial charge in [0.15, 0.2) is 0 Å². The van der Waals surface area contributed by atoms with Gasteiger partial charge in [0, 0.05) is 39.7 Å². The number of carbonyl (C=O) groups is 1. The molecule has 2 aliphatic rings. The monoisotopic (exact) mass is 258 g/mol. The number of aliphatic hydroxyl groups is 1. The number of amides is 2. The number of nitrogens with one attached hydrogen (secondary N) is 1. The molecule has 2 aliphatic heterocycles. The third-order valence-electron chi connectivity index (χ3n) is 3.56. The Hall–Kier alpha value is -0.850. The zero-order valence-electron chi connectivity index (χ0n) is 10.9. The first kappa shape index (κ1) is 13.6. The van der Waals surface area contributed by atoms with Gasteiger partial charge in [0.25, 0.3) is 0 Å². The number of nitrogens with zero attached hydrogens (tertiary/aromatic N) is 1. The van der Waals surface area contributed by atoms with E-state index in [1.165, 1.54) is 0 Å². The second kappa shape index (κ2) is 5.86. The smallest absolute Gasteiger partial charge is 0.317 e. The summed E-state index contributed by atoms with van der Waals surface area (Å²) in [6.45, 7) is 2.74. The lowest BCUT2D eigenvalue weighted by atomic mass is 9.94. The highest BCUT2D eigenvalue weighted by atomic mass is 16.5. The Bertz CT molecular complexity index is 286. The van der Waals surface area contributed by atoms with Gasteiger partial charge in [-0.3, -0.25) is 0 Å². The van der Waals surface area contributed by atoms with Crippen LogP contribution in [0.3, 0.4) is 0 Å². The third-order valence-corrected chi connectivity index (χ3v) is 3.56. The fourth-order valence-corrected chi connectivity index (χ4v) is 2.36. The minimum absolute atomic E-state index is 0.101. The Morgan fingerprint density at radius 3 is 2.72 bits per heavy atom. The van der Waals surface area contributed by atoms with E-state index in [4.69, 9.17) is 9.47 Å². The molecule has 2 saturated heterocycles. The van der Waals surface area contributed by atoms with Crippen molar-refractivity contribution in [2.45, 2.75) is 30.9 Å². The van der Waals surface area contributed by atoms with Crippen LogP contribution in [0.2, 0.25) is 0 Å². The number of likely N-dealkylation sites (N-methyl/N-ethyl adjacent to an activating group) is 1. The minimum Gasteiger partial charge on any atom is -0.388 e. The highest BCUT2D eigenvalue weighted by Gasteiger charge is 2.32. The van der Waals surface area contributed by atoms with Crippen molar-refractivity contribution in [2.75, 3.05) is 40.0 Å². The fourth-order valence-electron chi connectivity index (χ4n) is 2.36. The fraction of sp³-hybridized carbons (Fsp3) is 0.917. The van der Waals surface area contributed by atoms with E-state index in [0.717, 1.165) is 6.42 Å². The van der Waals surface area contributed by atoms with Crippen LogP contribution in [0.5, 0.6) is 0 Å². The quantitative estimate of drug-likeness (QED) is 0.745. The summed E-state index contributed by atoms with van der Waals surface area (Å²) in [7, 11) is 1.71. The largest absolute Gasteiger partial charge is 0.388 e. The molecule has 2 amide bonds. The molecule has 2 heterocycles. The molecule has 6 nitrogen and oxygen atoms in total. The molecule has 104 valence electrons. The summed E-state index contributed by atoms with van der Waals surface area (Å²) < 4.78 is 10.4. The normalized spacial score (nSPS) is 26.9. The maximum atomic E-state index is 11.9. The minimum atomic E-state index is -0.809. The van der Waals surface area contributed by atoms with Gasteiger partial charge in [-0.15, -0.1) is 0 Å². The van der Waals surface area contributed by atoms with Crippen LogP contribution < -0.4 is 5.32 Å². The number of urea groups is 1. The van der Waals surface area contributed by atoms with Crippen molar-refractivity contribution in [1.29, 1.82) is 0 Å². The molecule has 0 saturated carbocycles. The van der Waals surface area contributed by atoms with Gasteiger partial charge in [0.1, 0.15) is 0 Å². The Morgan fingerprint density at radius 2 is 2.11 bits per heavy atom. The van der Waals surface area contributed by atoms with Gasteiger partial charge in [-0.25, -0.2) is 4.79 Å². The lowest BCUT2D eigenvalue weighted by Gasteiger charge is -2.35. The molecule has 0 aromatic rings. The van der Waals surface area contributed by atoms with E-state index in [1.54, 1.807) is 11.9 Å². The average molecular weight is 258 g/mol. The van der Waals surface area contributed by atoms with Crippen molar-refractivity contribution < 1.29 is 19.4 Å². The van der Waals surface area contributed by atoms with Gasteiger partial charge in [0.05, 0.1) is 24.8 Å². The maximum absolute atomic E-state index is 11.9. The van der Waals surface area contributed by atoms with Crippen LogP contribution in [-0.2, 0) is 9.47 Å². The van der Waals surface area contributed by atoms with Crippen LogP contribution in [0.1, 0.15) is 19.3 Å². The summed E-state index contributed by atoms with van der Waals surface area (Å²) in [6, 6.07) is -0.0466. The zero-order valence-corrected chi connectivity index (χ0v) is 10.9. The van der Waals surface area contributed by atoms with Crippen LogP contribution in [-0.4, -0.2) is 67.7 Å². The summed E-state index contributed by atoms with van der Waals surface area (Å²) in [4.78, 5) is 13.5. The topological polar surface area (TPSA) is 71.0 Å². The average Bonchev–Trinajstić information content (AvgIpc) is 2.82. The number of ether oxygens (including phenoxy) is 2. The zero-order chi connectivity index (χ0) is 13.0. The van der Waals surface area contributed by atoms with E-state index in [1.807, 2.05) is 0 Å². The van der Waals surface area contributed by atoms with Gasteiger partial charge in [-0.1, -0.05) is 0 Å². The van der Waals surface area contributed by atoms with Gasteiger partial charge >= 0.3 is 6.03 Å². The highest BCUT2D eigenvalue weighted by molar-refractivity contribution is 5.74. The maximum Gasteiger partial charge on any atom is 0.317 e. The standard InChI is InChI=1S/C12H22N2O4/c1-14(9-12(16)3-6-17-7-4-12)11(15)13-10-2-5-18-8-10/h10,16H,2-9H2,1H3,(H,13,15). The van der Waals surface area contributed by atoms with Crippen LogP contribution in [0, 0.1) is 0 Å². The SMILES string of the molecule is CN(CC1(O)CCOCC1)C(=O)NC1CCOC1. The second-order valence-corrected chi connectivity index (χ2v) is 5.20. The van der Waals surface area contributed by atoms with Crippen LogP contribution in [0.25, 0.3) is 0 Å². The molecule has 6 heteroatoms. The van der Waals surface area contributed by atoms with Crippen molar-refractivity contribution in [1.82, 2.24) is 10.2 Å². The number of rotatable bonds is 3. The van der Waals surface area contributed by atoms with Gasteiger partial charge in [-0.2, -0.15) is 0 Å². The lowest BCUT2D eigenvalue weighted by Crippen LogP contribution is -2.51. The first-order valence-electron chi connectivity index (χ1n) is 6.49. The summed E-state index contributed by atoms with van der Waals surface area (Å²) in [6.07, 6.45) is 2.02. The molecule has 1 atom stereocenters. The van der Waals surface area contributed by atoms with Crippen molar-refractivity contribution in [3.63, 3.8) is 0 Å². The second-order valence-electron chi connectivity index (χ2n) is 5.20. The molecule has 0 radical (unpaired) electrons. The lowest BCUT2D eigenvalue weighted by molar-refractivity contribution is -0.0723. The Kier molecular flexibility index (Phi) is 4.42. The molecule has 2 fully saturated rings. The summed E-state index contributed by atoms with van der Waals surface area (Å²) in [5.41, 5.74) is -0.809. The number of carbonyl (C=O) groups excluding carboxylic acids is 1. The molecule has 18 heavy (non-hydrogen) atoms. The van der Waals surface area contributed by atoms with Crippen molar-refractivity contribution in [3.05, 3.63) is 0 Å². The number of hydrogen-bond acceptors (Lipinski definition) is 4. The van der Waals surface area contributed by atoms with Gasteiger partial charge in [-0.05, 0) is 6.42 Å². The first-order chi connectivity index (χ1) is 8.59. The van der Waals surface area contributed by atoms with Crippen LogP contribution in [0.4, 0.5) is 4.79 Å². The molecule has 0 spiro atoms. The van der Waals surface area contributed by atoms with E-state index >= 15 is 0 Å². The van der Waals surface area contributed by atoms with E-state index in [-0.39, 0.29) is 12.1 Å². The predicted octanol–water partition coefficient (Wildman–Crippen LogP) is -0.0418. The van der Waals surface area contributed by atoms with E-state index in [0.29, 0.717) is 45.8 Å². The molecule has 2 N–H and O–H groups in total. The highest BCUT2D eigenvalue weighted by Crippen LogP contribution is 2.21. The van der Waals surface area contributed by atoms with E-state index in [9.17, 15) is 9.90 Å². The molecule has 0 bridgehead atoms. The van der Waals surface area contributed by atoms with Crippen LogP contribution >= 0.6 is 0 Å². The molecule has 1 unspecified atom stereocenters. The summed E-state index contributed by atoms with van der Waals surface area (Å²) in [5, 5.41) is 13.2. The van der Waals surface area contributed by atoms with Crippen molar-refractivity contribution >= 4 is 6.03 Å². The molecule has 2 rings (SSSR count). The molecular formula is C12H22N2O4. The van der Waals surface area contributed by atoms with E-state index in [2.05, 4.69) is 5.32 Å². The first-order valence-corrected chi connectivity index (χ1v) is 6.49. The molecule has 0 aromatic heterocycles. The predicted molar refractivity (Wildman–Crippen MR) is 65.4 cm³/mol. The Balaban J connectivity index is 1.78. The summed E-state index contributed by atoms with van der Waals surface area (Å²) in [5.74, 6) is 0. The van der Waals surface area contributed by atoms with Crippen molar-refractivity contribution in [3.8, 4) is 0 Å². The molecule has 0 aromatic carbocycles. The number of hydrogen-bond donors (Lipinski definition) is 2. The van der Waals surface area contributed by atoms with Gasteiger partial charge < -0.3 is 24.8 Å². The van der Waals surface area contributed by atoms with Crippen LogP contribution in [0.15, 0.2) is 0 Å². The Morgan fingerprint density at radius 1 is 1.39 bits per heavy atom.